The Bertz CT molecular complexity index is 661. The summed E-state index contributed by atoms with van der Waals surface area (Å²) in [5.41, 5.74) is 0. The number of sulfonamides is 1. The summed E-state index contributed by atoms with van der Waals surface area (Å²) in [7, 11) is -1.81. The molecule has 110 valence electrons. The second-order valence-corrected chi connectivity index (χ2v) is 6.06. The van der Waals surface area contributed by atoms with Gasteiger partial charge in [0.15, 0.2) is 0 Å². The Morgan fingerprint density at radius 3 is 2.90 bits per heavy atom. The summed E-state index contributed by atoms with van der Waals surface area (Å²) in [6, 6.07) is 0. The van der Waals surface area contributed by atoms with Crippen LogP contribution in [0.25, 0.3) is 0 Å². The lowest BCUT2D eigenvalue weighted by atomic mass is 10.5. The van der Waals surface area contributed by atoms with Gasteiger partial charge in [-0.25, -0.2) is 18.1 Å². The molecule has 2 N–H and O–H groups in total. The second kappa shape index (κ2) is 6.16. The molecular weight excluding hydrogens is 282 g/mol. The van der Waals surface area contributed by atoms with Crippen LogP contribution in [-0.4, -0.2) is 39.5 Å². The van der Waals surface area contributed by atoms with Gasteiger partial charge in [0.05, 0.1) is 12.7 Å². The molecule has 0 aliphatic rings. The molecule has 0 saturated carbocycles. The monoisotopic (exact) mass is 299 g/mol. The summed E-state index contributed by atoms with van der Waals surface area (Å²) >= 11 is 0. The summed E-state index contributed by atoms with van der Waals surface area (Å²) in [6.07, 6.45) is 6.61. The third kappa shape index (κ3) is 3.44. The number of nitrogens with zero attached hydrogens (tertiary/aromatic N) is 4. The summed E-state index contributed by atoms with van der Waals surface area (Å²) in [4.78, 5) is 4.15. The lowest BCUT2D eigenvalue weighted by molar-refractivity contribution is 0.277. The highest BCUT2D eigenvalue weighted by Crippen LogP contribution is 2.08. The number of hydrogen-bond acceptors (Lipinski definition) is 5. The van der Waals surface area contributed by atoms with Crippen LogP contribution in [0.2, 0.25) is 0 Å². The van der Waals surface area contributed by atoms with Gasteiger partial charge < -0.3 is 9.67 Å². The van der Waals surface area contributed by atoms with Crippen molar-refractivity contribution in [2.75, 3.05) is 6.61 Å². The van der Waals surface area contributed by atoms with Crippen LogP contribution in [0, 0.1) is 0 Å². The van der Waals surface area contributed by atoms with Crippen LogP contribution >= 0.6 is 0 Å². The van der Waals surface area contributed by atoms with E-state index in [1.807, 2.05) is 0 Å². The van der Waals surface area contributed by atoms with Gasteiger partial charge in [0.1, 0.15) is 10.7 Å². The van der Waals surface area contributed by atoms with Crippen molar-refractivity contribution in [2.45, 2.75) is 24.4 Å². The van der Waals surface area contributed by atoms with Crippen LogP contribution in [0.4, 0.5) is 0 Å². The maximum atomic E-state index is 12.1. The molecule has 2 aromatic heterocycles. The zero-order chi connectivity index (χ0) is 14.6. The molecule has 0 saturated heterocycles. The molecule has 20 heavy (non-hydrogen) atoms. The minimum absolute atomic E-state index is 0.0410. The first kappa shape index (κ1) is 14.7. The predicted molar refractivity (Wildman–Crippen MR) is 71.2 cm³/mol. The van der Waals surface area contributed by atoms with E-state index >= 15 is 0 Å². The number of hydrogen-bond donors (Lipinski definition) is 2. The number of aryl methyl sites for hydroxylation is 2. The molecule has 2 aromatic rings. The third-order valence-electron chi connectivity index (χ3n) is 2.81. The Morgan fingerprint density at radius 1 is 1.45 bits per heavy atom. The van der Waals surface area contributed by atoms with Gasteiger partial charge in [-0.2, -0.15) is 5.10 Å². The number of imidazole rings is 1. The van der Waals surface area contributed by atoms with E-state index in [4.69, 9.17) is 5.11 Å². The minimum Gasteiger partial charge on any atom is -0.396 e. The highest BCUT2D eigenvalue weighted by atomic mass is 32.2. The van der Waals surface area contributed by atoms with Crippen molar-refractivity contribution < 1.29 is 13.5 Å². The summed E-state index contributed by atoms with van der Waals surface area (Å²) < 4.78 is 29.9. The molecule has 0 aliphatic heterocycles. The molecule has 0 radical (unpaired) electrons. The molecule has 0 aliphatic carbocycles. The molecule has 2 rings (SSSR count). The van der Waals surface area contributed by atoms with E-state index in [2.05, 4.69) is 14.8 Å². The Balaban J connectivity index is 2.03. The van der Waals surface area contributed by atoms with E-state index in [-0.39, 0.29) is 18.0 Å². The Hall–Kier alpha value is -1.71. The van der Waals surface area contributed by atoms with Crippen molar-refractivity contribution in [3.05, 3.63) is 30.6 Å². The van der Waals surface area contributed by atoms with Crippen LogP contribution in [0.15, 0.2) is 29.7 Å². The van der Waals surface area contributed by atoms with Crippen LogP contribution < -0.4 is 4.72 Å². The van der Waals surface area contributed by atoms with Crippen molar-refractivity contribution in [2.24, 2.45) is 7.05 Å². The number of aliphatic hydroxyl groups is 1. The quantitative estimate of drug-likeness (QED) is 0.716. The SMILES string of the molecule is Cn1ccnc1CNS(=O)(=O)c1cnn(CCCO)c1. The van der Waals surface area contributed by atoms with E-state index in [0.717, 1.165) is 0 Å². The standard InChI is InChI=1S/C11H17N5O3S/c1-15-5-3-12-11(15)8-14-20(18,19)10-7-13-16(9-10)4-2-6-17/h3,5,7,9,14,17H,2,4,6,8H2,1H3. The molecule has 0 atom stereocenters. The minimum atomic E-state index is -3.61. The second-order valence-electron chi connectivity index (χ2n) is 4.30. The van der Waals surface area contributed by atoms with Crippen LogP contribution in [0.5, 0.6) is 0 Å². The zero-order valence-electron chi connectivity index (χ0n) is 11.1. The third-order valence-corrected chi connectivity index (χ3v) is 4.16. The largest absolute Gasteiger partial charge is 0.396 e. The van der Waals surface area contributed by atoms with Gasteiger partial charge in [-0.1, -0.05) is 0 Å². The molecule has 0 aromatic carbocycles. The van der Waals surface area contributed by atoms with E-state index in [1.54, 1.807) is 24.0 Å². The van der Waals surface area contributed by atoms with Gasteiger partial charge >= 0.3 is 0 Å². The first-order chi connectivity index (χ1) is 9.53. The van der Waals surface area contributed by atoms with E-state index in [0.29, 0.717) is 18.8 Å². The van der Waals surface area contributed by atoms with Gasteiger partial charge in [0.2, 0.25) is 10.0 Å². The fourth-order valence-corrected chi connectivity index (χ4v) is 2.58. The Kier molecular flexibility index (Phi) is 4.53. The predicted octanol–water partition coefficient (Wildman–Crippen LogP) is -0.522. The average molecular weight is 299 g/mol. The highest BCUT2D eigenvalue weighted by molar-refractivity contribution is 7.89. The molecule has 0 bridgehead atoms. The van der Waals surface area contributed by atoms with E-state index in [1.165, 1.54) is 17.1 Å². The molecular formula is C11H17N5O3S. The molecule has 2 heterocycles. The van der Waals surface area contributed by atoms with Crippen LogP contribution in [-0.2, 0) is 30.2 Å². The van der Waals surface area contributed by atoms with E-state index < -0.39 is 10.0 Å². The summed E-state index contributed by atoms with van der Waals surface area (Å²) in [6.45, 7) is 0.637. The van der Waals surface area contributed by atoms with Crippen molar-refractivity contribution >= 4 is 10.0 Å². The maximum absolute atomic E-state index is 12.1. The van der Waals surface area contributed by atoms with Gasteiger partial charge in [-0.15, -0.1) is 0 Å². The molecule has 9 heteroatoms. The van der Waals surface area contributed by atoms with Gasteiger partial charge in [0, 0.05) is 38.8 Å². The number of aliphatic hydroxyl groups excluding tert-OH is 1. The number of aromatic nitrogens is 4. The first-order valence-electron chi connectivity index (χ1n) is 6.12. The molecule has 0 spiro atoms. The van der Waals surface area contributed by atoms with Gasteiger partial charge in [-0.05, 0) is 6.42 Å². The smallest absolute Gasteiger partial charge is 0.244 e. The summed E-state index contributed by atoms with van der Waals surface area (Å²) in [5, 5.41) is 12.7. The first-order valence-corrected chi connectivity index (χ1v) is 7.60. The van der Waals surface area contributed by atoms with Gasteiger partial charge in [-0.3, -0.25) is 4.68 Å². The fraction of sp³-hybridized carbons (Fsp3) is 0.455. The normalized spacial score (nSPS) is 11.9. The number of rotatable bonds is 7. The maximum Gasteiger partial charge on any atom is 0.244 e. The Morgan fingerprint density at radius 2 is 2.25 bits per heavy atom. The fourth-order valence-electron chi connectivity index (χ4n) is 1.65. The Labute approximate surface area is 117 Å². The van der Waals surface area contributed by atoms with Crippen LogP contribution in [0.1, 0.15) is 12.2 Å². The van der Waals surface area contributed by atoms with Crippen molar-refractivity contribution in [3.63, 3.8) is 0 Å². The summed E-state index contributed by atoms with van der Waals surface area (Å²) in [5.74, 6) is 0.626. The van der Waals surface area contributed by atoms with Crippen molar-refractivity contribution in [1.82, 2.24) is 24.1 Å². The molecule has 0 fully saturated rings. The zero-order valence-corrected chi connectivity index (χ0v) is 11.9. The van der Waals surface area contributed by atoms with Crippen molar-refractivity contribution in [3.8, 4) is 0 Å². The topological polar surface area (TPSA) is 102 Å². The van der Waals surface area contributed by atoms with Gasteiger partial charge in [0.25, 0.3) is 0 Å². The van der Waals surface area contributed by atoms with E-state index in [9.17, 15) is 8.42 Å². The molecule has 0 amide bonds. The number of nitrogens with one attached hydrogen (secondary N) is 1. The molecule has 8 nitrogen and oxygen atoms in total. The lowest BCUT2D eigenvalue weighted by Gasteiger charge is -2.04. The average Bonchev–Trinajstić information content (AvgIpc) is 3.03. The highest BCUT2D eigenvalue weighted by Gasteiger charge is 2.17. The van der Waals surface area contributed by atoms with Crippen LogP contribution in [0.3, 0.4) is 0 Å². The lowest BCUT2D eigenvalue weighted by Crippen LogP contribution is -2.24. The van der Waals surface area contributed by atoms with Crippen molar-refractivity contribution in [1.29, 1.82) is 0 Å². The molecule has 0 unspecified atom stereocenters.